The molecule has 3 aromatic rings. The van der Waals surface area contributed by atoms with Crippen molar-refractivity contribution in [2.24, 2.45) is 0 Å². The maximum Gasteiger partial charge on any atom is 0.322 e. The highest BCUT2D eigenvalue weighted by atomic mass is 16.2. The maximum absolute atomic E-state index is 14.0. The van der Waals surface area contributed by atoms with Gasteiger partial charge in [0.1, 0.15) is 0 Å². The van der Waals surface area contributed by atoms with Crippen LogP contribution in [0.25, 0.3) is 0 Å². The molecule has 8 nitrogen and oxygen atoms in total. The number of carbonyl (C=O) groups excluding carboxylic acids is 2. The van der Waals surface area contributed by atoms with Crippen molar-refractivity contribution in [2.75, 3.05) is 48.6 Å². The molecule has 2 N–H and O–H groups in total. The van der Waals surface area contributed by atoms with E-state index in [1.807, 2.05) is 86.5 Å². The minimum absolute atomic E-state index is 0.0531. The number of anilines is 4. The first-order valence-electron chi connectivity index (χ1n) is 18.0. The lowest BCUT2D eigenvalue weighted by atomic mass is 10.0. The topological polar surface area (TPSA) is 71.2 Å². The van der Waals surface area contributed by atoms with Crippen molar-refractivity contribution < 1.29 is 9.59 Å². The van der Waals surface area contributed by atoms with E-state index in [4.69, 9.17) is 0 Å². The van der Waals surface area contributed by atoms with Gasteiger partial charge in [-0.15, -0.1) is 0 Å². The first-order chi connectivity index (χ1) is 23.3. The molecule has 258 valence electrons. The second-order valence-electron chi connectivity index (χ2n) is 14.1. The van der Waals surface area contributed by atoms with Gasteiger partial charge in [0.25, 0.3) is 0 Å². The van der Waals surface area contributed by atoms with Gasteiger partial charge in [0.05, 0.1) is 0 Å². The highest BCUT2D eigenvalue weighted by Crippen LogP contribution is 2.28. The highest BCUT2D eigenvalue weighted by molar-refractivity contribution is 5.91. The molecule has 0 heterocycles. The molecule has 2 saturated carbocycles. The molecule has 0 spiro atoms. The van der Waals surface area contributed by atoms with Crippen LogP contribution in [-0.2, 0) is 13.1 Å². The molecule has 0 aliphatic heterocycles. The maximum atomic E-state index is 14.0. The van der Waals surface area contributed by atoms with Crippen LogP contribution in [0.1, 0.15) is 88.2 Å². The Morgan fingerprint density at radius 2 is 0.917 bits per heavy atom. The molecule has 0 unspecified atom stereocenters. The molecule has 8 heteroatoms. The largest absolute Gasteiger partial charge is 0.378 e. The molecule has 0 bridgehead atoms. The molecular formula is C40H56N6O2. The van der Waals surface area contributed by atoms with Gasteiger partial charge >= 0.3 is 12.1 Å². The first-order valence-corrected chi connectivity index (χ1v) is 18.0. The number of urea groups is 2. The number of nitrogens with zero attached hydrogens (tertiary/aromatic N) is 4. The SMILES string of the molecule is CN(C)c1cccc(NC(=O)N(Cc2cccc(CN(C(=O)Nc3cccc(N(C)C)c3)C3CCCCCC3)c2)C2CCCCCC2)c1. The summed E-state index contributed by atoms with van der Waals surface area (Å²) in [7, 11) is 8.04. The third kappa shape index (κ3) is 9.91. The van der Waals surface area contributed by atoms with Crippen molar-refractivity contribution in [3.63, 3.8) is 0 Å². The van der Waals surface area contributed by atoms with Gasteiger partial charge in [-0.1, -0.05) is 87.8 Å². The van der Waals surface area contributed by atoms with Gasteiger partial charge in [-0.25, -0.2) is 9.59 Å². The summed E-state index contributed by atoms with van der Waals surface area (Å²) >= 11 is 0. The van der Waals surface area contributed by atoms with E-state index < -0.39 is 0 Å². The lowest BCUT2D eigenvalue weighted by molar-refractivity contribution is 0.174. The van der Waals surface area contributed by atoms with Crippen molar-refractivity contribution in [1.82, 2.24) is 9.80 Å². The number of amides is 4. The van der Waals surface area contributed by atoms with E-state index in [2.05, 4.69) is 44.7 Å². The standard InChI is InChI=1S/C40H56N6O2/c1-43(2)37-24-14-18-33(27-37)41-39(47)45(35-20-9-5-6-10-21-35)29-31-16-13-17-32(26-31)30-46(36-22-11-7-8-12-23-36)40(48)42-34-19-15-25-38(28-34)44(3)4/h13-19,24-28,35-36H,5-12,20-23,29-30H2,1-4H3,(H,41,47)(H,42,48). The van der Waals surface area contributed by atoms with Crippen LogP contribution in [-0.4, -0.2) is 62.1 Å². The van der Waals surface area contributed by atoms with Gasteiger partial charge in [0, 0.05) is 76.1 Å². The molecule has 0 radical (unpaired) electrons. The number of carbonyl (C=O) groups is 2. The van der Waals surface area contributed by atoms with Gasteiger partial charge in [-0.3, -0.25) is 0 Å². The predicted octanol–water partition coefficient (Wildman–Crippen LogP) is 9.33. The molecule has 2 aliphatic rings. The molecule has 5 rings (SSSR count). The Morgan fingerprint density at radius 1 is 0.542 bits per heavy atom. The van der Waals surface area contributed by atoms with Crippen LogP contribution in [0.15, 0.2) is 72.8 Å². The van der Waals surface area contributed by atoms with Gasteiger partial charge in [0.15, 0.2) is 0 Å². The average molecular weight is 653 g/mol. The fourth-order valence-corrected chi connectivity index (χ4v) is 7.21. The Morgan fingerprint density at radius 3 is 1.29 bits per heavy atom. The van der Waals surface area contributed by atoms with Crippen molar-refractivity contribution in [3.8, 4) is 0 Å². The number of benzene rings is 3. The van der Waals surface area contributed by atoms with Crippen LogP contribution >= 0.6 is 0 Å². The lowest BCUT2D eigenvalue weighted by Gasteiger charge is -2.33. The van der Waals surface area contributed by atoms with Gasteiger partial charge in [-0.05, 0) is 73.2 Å². The molecule has 0 saturated heterocycles. The van der Waals surface area contributed by atoms with E-state index in [0.29, 0.717) is 13.1 Å². The molecule has 2 aliphatic carbocycles. The van der Waals surface area contributed by atoms with E-state index in [0.717, 1.165) is 85.2 Å². The summed E-state index contributed by atoms with van der Waals surface area (Å²) in [6.45, 7) is 1.06. The Kier molecular flexibility index (Phi) is 12.6. The van der Waals surface area contributed by atoms with Gasteiger partial charge in [0.2, 0.25) is 0 Å². The molecule has 4 amide bonds. The quantitative estimate of drug-likeness (QED) is 0.214. The third-order valence-corrected chi connectivity index (χ3v) is 9.98. The molecule has 2 fully saturated rings. The smallest absolute Gasteiger partial charge is 0.322 e. The number of nitrogens with one attached hydrogen (secondary N) is 2. The Hall–Kier alpha value is -4.20. The van der Waals surface area contributed by atoms with Crippen molar-refractivity contribution in [2.45, 2.75) is 102 Å². The second-order valence-corrected chi connectivity index (χ2v) is 14.1. The van der Waals surface area contributed by atoms with Crippen molar-refractivity contribution in [3.05, 3.63) is 83.9 Å². The fourth-order valence-electron chi connectivity index (χ4n) is 7.21. The first kappa shape index (κ1) is 35.1. The Bertz CT molecular complexity index is 1370. The van der Waals surface area contributed by atoms with E-state index in [9.17, 15) is 9.59 Å². The third-order valence-electron chi connectivity index (χ3n) is 9.98. The number of rotatable bonds is 10. The molecule has 0 atom stereocenters. The molecular weight excluding hydrogens is 596 g/mol. The van der Waals surface area contributed by atoms with E-state index in [-0.39, 0.29) is 24.1 Å². The van der Waals surface area contributed by atoms with Crippen LogP contribution < -0.4 is 20.4 Å². The zero-order valence-corrected chi connectivity index (χ0v) is 29.6. The highest BCUT2D eigenvalue weighted by Gasteiger charge is 2.27. The number of hydrogen-bond donors (Lipinski definition) is 2. The molecule has 3 aromatic carbocycles. The van der Waals surface area contributed by atoms with E-state index in [1.165, 1.54) is 25.7 Å². The molecule has 48 heavy (non-hydrogen) atoms. The van der Waals surface area contributed by atoms with E-state index in [1.54, 1.807) is 0 Å². The fraction of sp³-hybridized carbons (Fsp3) is 0.500. The summed E-state index contributed by atoms with van der Waals surface area (Å²) in [5.74, 6) is 0. The van der Waals surface area contributed by atoms with Crippen LogP contribution in [0.2, 0.25) is 0 Å². The summed E-state index contributed by atoms with van der Waals surface area (Å²) in [6.07, 6.45) is 13.6. The van der Waals surface area contributed by atoms with Crippen LogP contribution in [0.5, 0.6) is 0 Å². The molecule has 0 aromatic heterocycles. The van der Waals surface area contributed by atoms with Crippen LogP contribution in [0, 0.1) is 0 Å². The van der Waals surface area contributed by atoms with Crippen molar-refractivity contribution >= 4 is 34.8 Å². The summed E-state index contributed by atoms with van der Waals surface area (Å²) in [5.41, 5.74) is 5.89. The van der Waals surface area contributed by atoms with Gasteiger partial charge < -0.3 is 30.2 Å². The second kappa shape index (κ2) is 17.3. The van der Waals surface area contributed by atoms with Crippen LogP contribution in [0.4, 0.5) is 32.3 Å². The predicted molar refractivity (Wildman–Crippen MR) is 200 cm³/mol. The van der Waals surface area contributed by atoms with E-state index >= 15 is 0 Å². The van der Waals surface area contributed by atoms with Gasteiger partial charge in [-0.2, -0.15) is 0 Å². The van der Waals surface area contributed by atoms with Crippen molar-refractivity contribution in [1.29, 1.82) is 0 Å². The summed E-state index contributed by atoms with van der Waals surface area (Å²) in [6, 6.07) is 24.8. The lowest BCUT2D eigenvalue weighted by Crippen LogP contribution is -2.43. The summed E-state index contributed by atoms with van der Waals surface area (Å²) in [4.78, 5) is 36.2. The zero-order chi connectivity index (χ0) is 33.9. The zero-order valence-electron chi connectivity index (χ0n) is 29.6. The Labute approximate surface area is 288 Å². The Balaban J connectivity index is 1.36. The van der Waals surface area contributed by atoms with Crippen LogP contribution in [0.3, 0.4) is 0 Å². The summed E-state index contributed by atoms with van der Waals surface area (Å²) < 4.78 is 0. The number of hydrogen-bond acceptors (Lipinski definition) is 4. The normalized spacial score (nSPS) is 15.9. The monoisotopic (exact) mass is 652 g/mol. The average Bonchev–Trinajstić information content (AvgIpc) is 3.52. The summed E-state index contributed by atoms with van der Waals surface area (Å²) in [5, 5.41) is 6.43. The minimum Gasteiger partial charge on any atom is -0.378 e. The minimum atomic E-state index is -0.0531.